The van der Waals surface area contributed by atoms with Gasteiger partial charge in [0.05, 0.1) is 17.7 Å². The van der Waals surface area contributed by atoms with Crippen molar-refractivity contribution in [2.45, 2.75) is 18.6 Å². The third-order valence-electron chi connectivity index (χ3n) is 3.66. The lowest BCUT2D eigenvalue weighted by molar-refractivity contribution is 0.158. The predicted molar refractivity (Wildman–Crippen MR) is 87.1 cm³/mol. The Morgan fingerprint density at radius 2 is 2.14 bits per heavy atom. The van der Waals surface area contributed by atoms with Crippen molar-refractivity contribution >= 4 is 27.5 Å². The lowest BCUT2D eigenvalue weighted by Gasteiger charge is -2.31. The average Bonchev–Trinajstić information content (AvgIpc) is 2.47. The quantitative estimate of drug-likeness (QED) is 0.840. The first kappa shape index (κ1) is 14.7. The summed E-state index contributed by atoms with van der Waals surface area (Å²) >= 11 is 9.79. The smallest absolute Gasteiger partial charge is 0.131 e. The molecular weight excluding hydrogens is 354 g/mol. The molecule has 0 amide bonds. The standard InChI is InChI=1S/C16H15BrClNO2/c1-20-14-4-2-3-11(18)16(14)15-8-12(19)10-7-9(17)5-6-13(10)21-15/h2-7,12,15H,8,19H2,1H3/t12-,15?/m0/s1. The van der Waals surface area contributed by atoms with Gasteiger partial charge in [-0.25, -0.2) is 0 Å². The van der Waals surface area contributed by atoms with Crippen LogP contribution in [0.25, 0.3) is 0 Å². The molecule has 0 radical (unpaired) electrons. The van der Waals surface area contributed by atoms with Gasteiger partial charge < -0.3 is 15.2 Å². The van der Waals surface area contributed by atoms with Gasteiger partial charge in [-0.2, -0.15) is 0 Å². The second kappa shape index (κ2) is 5.87. The molecule has 2 aromatic rings. The molecule has 110 valence electrons. The van der Waals surface area contributed by atoms with Gasteiger partial charge in [-0.1, -0.05) is 33.6 Å². The van der Waals surface area contributed by atoms with E-state index >= 15 is 0 Å². The van der Waals surface area contributed by atoms with Gasteiger partial charge in [0.25, 0.3) is 0 Å². The van der Waals surface area contributed by atoms with E-state index in [1.165, 1.54) is 0 Å². The Balaban J connectivity index is 2.02. The number of halogens is 2. The van der Waals surface area contributed by atoms with Crippen molar-refractivity contribution in [3.8, 4) is 11.5 Å². The van der Waals surface area contributed by atoms with Crippen LogP contribution in [0.1, 0.15) is 29.7 Å². The molecule has 0 aliphatic carbocycles. The lowest BCUT2D eigenvalue weighted by Crippen LogP contribution is -2.24. The van der Waals surface area contributed by atoms with Gasteiger partial charge in [-0.3, -0.25) is 0 Å². The predicted octanol–water partition coefficient (Wildman–Crippen LogP) is 4.63. The van der Waals surface area contributed by atoms with Crippen LogP contribution < -0.4 is 15.2 Å². The maximum Gasteiger partial charge on any atom is 0.131 e. The van der Waals surface area contributed by atoms with Gasteiger partial charge in [0.1, 0.15) is 17.6 Å². The van der Waals surface area contributed by atoms with Crippen LogP contribution in [0.4, 0.5) is 0 Å². The van der Waals surface area contributed by atoms with Crippen LogP contribution in [0.15, 0.2) is 40.9 Å². The van der Waals surface area contributed by atoms with Crippen molar-refractivity contribution < 1.29 is 9.47 Å². The SMILES string of the molecule is COc1cccc(Cl)c1C1C[C@H](N)c2cc(Br)ccc2O1. The molecule has 0 aromatic heterocycles. The number of methoxy groups -OCH3 is 1. The van der Waals surface area contributed by atoms with Gasteiger partial charge in [0, 0.05) is 22.5 Å². The highest BCUT2D eigenvalue weighted by Gasteiger charge is 2.30. The van der Waals surface area contributed by atoms with Gasteiger partial charge in [0.15, 0.2) is 0 Å². The van der Waals surface area contributed by atoms with Crippen molar-refractivity contribution in [2.24, 2.45) is 5.73 Å². The Kier molecular flexibility index (Phi) is 4.11. The zero-order valence-electron chi connectivity index (χ0n) is 11.5. The monoisotopic (exact) mass is 367 g/mol. The van der Waals surface area contributed by atoms with Crippen molar-refractivity contribution in [1.82, 2.24) is 0 Å². The van der Waals surface area contributed by atoms with Crippen LogP contribution in [-0.4, -0.2) is 7.11 Å². The van der Waals surface area contributed by atoms with E-state index in [0.717, 1.165) is 27.1 Å². The summed E-state index contributed by atoms with van der Waals surface area (Å²) in [6.45, 7) is 0. The summed E-state index contributed by atoms with van der Waals surface area (Å²) in [4.78, 5) is 0. The summed E-state index contributed by atoms with van der Waals surface area (Å²) in [5.41, 5.74) is 8.16. The summed E-state index contributed by atoms with van der Waals surface area (Å²) in [6, 6.07) is 11.3. The highest BCUT2D eigenvalue weighted by Crippen LogP contribution is 2.44. The maximum absolute atomic E-state index is 6.33. The number of rotatable bonds is 2. The van der Waals surface area contributed by atoms with Crippen LogP contribution in [0.2, 0.25) is 5.02 Å². The van der Waals surface area contributed by atoms with E-state index < -0.39 is 0 Å². The molecule has 0 bridgehead atoms. The first-order valence-corrected chi connectivity index (χ1v) is 7.81. The molecule has 3 nitrogen and oxygen atoms in total. The second-order valence-electron chi connectivity index (χ2n) is 4.99. The molecule has 2 aromatic carbocycles. The van der Waals surface area contributed by atoms with E-state index in [4.69, 9.17) is 26.8 Å². The topological polar surface area (TPSA) is 44.5 Å². The van der Waals surface area contributed by atoms with Crippen LogP contribution in [0.3, 0.4) is 0 Å². The summed E-state index contributed by atoms with van der Waals surface area (Å²) in [6.07, 6.45) is 0.445. The summed E-state index contributed by atoms with van der Waals surface area (Å²) in [5, 5.41) is 0.632. The maximum atomic E-state index is 6.33. The molecule has 0 spiro atoms. The molecule has 0 saturated heterocycles. The first-order chi connectivity index (χ1) is 10.1. The largest absolute Gasteiger partial charge is 0.496 e. The fourth-order valence-corrected chi connectivity index (χ4v) is 3.33. The highest BCUT2D eigenvalue weighted by atomic mass is 79.9. The molecule has 1 aliphatic rings. The molecular formula is C16H15BrClNO2. The molecule has 3 rings (SSSR count). The van der Waals surface area contributed by atoms with E-state index in [0.29, 0.717) is 11.4 Å². The molecule has 1 heterocycles. The fourth-order valence-electron chi connectivity index (χ4n) is 2.66. The third kappa shape index (κ3) is 2.76. The molecule has 1 aliphatic heterocycles. The zero-order valence-corrected chi connectivity index (χ0v) is 13.8. The Hall–Kier alpha value is -1.23. The molecule has 21 heavy (non-hydrogen) atoms. The van der Waals surface area contributed by atoms with E-state index in [-0.39, 0.29) is 12.1 Å². The van der Waals surface area contributed by atoms with E-state index in [2.05, 4.69) is 15.9 Å². The minimum absolute atomic E-state index is 0.0998. The lowest BCUT2D eigenvalue weighted by atomic mass is 9.93. The Bertz CT molecular complexity index is 677. The van der Waals surface area contributed by atoms with Gasteiger partial charge in [-0.15, -0.1) is 0 Å². The Labute approximate surface area is 137 Å². The van der Waals surface area contributed by atoms with Crippen molar-refractivity contribution in [2.75, 3.05) is 7.11 Å². The van der Waals surface area contributed by atoms with Crippen molar-refractivity contribution in [3.63, 3.8) is 0 Å². The second-order valence-corrected chi connectivity index (χ2v) is 6.31. The molecule has 2 atom stereocenters. The third-order valence-corrected chi connectivity index (χ3v) is 4.49. The van der Waals surface area contributed by atoms with Crippen molar-refractivity contribution in [3.05, 3.63) is 57.0 Å². The minimum Gasteiger partial charge on any atom is -0.496 e. The fraction of sp³-hybridized carbons (Fsp3) is 0.250. The van der Waals surface area contributed by atoms with Crippen LogP contribution in [0, 0.1) is 0 Å². The van der Waals surface area contributed by atoms with Crippen LogP contribution >= 0.6 is 27.5 Å². The number of nitrogens with two attached hydrogens (primary N) is 1. The van der Waals surface area contributed by atoms with E-state index in [9.17, 15) is 0 Å². The number of hydrogen-bond acceptors (Lipinski definition) is 3. The molecule has 0 saturated carbocycles. The Morgan fingerprint density at radius 1 is 1.33 bits per heavy atom. The molecule has 2 N–H and O–H groups in total. The highest BCUT2D eigenvalue weighted by molar-refractivity contribution is 9.10. The minimum atomic E-state index is -0.211. The van der Waals surface area contributed by atoms with Gasteiger partial charge >= 0.3 is 0 Å². The van der Waals surface area contributed by atoms with Crippen molar-refractivity contribution in [1.29, 1.82) is 0 Å². The summed E-state index contributed by atoms with van der Waals surface area (Å²) < 4.78 is 12.5. The number of benzene rings is 2. The summed E-state index contributed by atoms with van der Waals surface area (Å²) in [5.74, 6) is 1.52. The summed E-state index contributed by atoms with van der Waals surface area (Å²) in [7, 11) is 1.63. The van der Waals surface area contributed by atoms with E-state index in [1.807, 2.05) is 36.4 Å². The van der Waals surface area contributed by atoms with Gasteiger partial charge in [-0.05, 0) is 30.3 Å². The van der Waals surface area contributed by atoms with Crippen LogP contribution in [0.5, 0.6) is 11.5 Å². The first-order valence-electron chi connectivity index (χ1n) is 6.64. The molecule has 5 heteroatoms. The normalized spacial score (nSPS) is 20.6. The van der Waals surface area contributed by atoms with E-state index in [1.54, 1.807) is 7.11 Å². The molecule has 1 unspecified atom stereocenters. The van der Waals surface area contributed by atoms with Crippen LogP contribution in [-0.2, 0) is 0 Å². The average molecular weight is 369 g/mol. The number of hydrogen-bond donors (Lipinski definition) is 1. The number of fused-ring (bicyclic) bond motifs is 1. The Morgan fingerprint density at radius 3 is 2.90 bits per heavy atom. The molecule has 0 fully saturated rings. The zero-order chi connectivity index (χ0) is 15.0. The number of ether oxygens (including phenoxy) is 2. The van der Waals surface area contributed by atoms with Gasteiger partial charge in [0.2, 0.25) is 0 Å².